The molecule has 35 heavy (non-hydrogen) atoms. The van der Waals surface area contributed by atoms with Gasteiger partial charge in [-0.2, -0.15) is 17.9 Å². The third kappa shape index (κ3) is 4.49. The van der Waals surface area contributed by atoms with Crippen LogP contribution >= 0.6 is 11.3 Å². The first-order valence-corrected chi connectivity index (χ1v) is 11.1. The SMILES string of the molecule is Cc1ccc(-c2cnc3c(-n4nnnc4CC(F)(F)F)cc(C(=O)N[C@@H](C)c4nnc[nH]4)cn23)s1. The van der Waals surface area contributed by atoms with Gasteiger partial charge in [-0.15, -0.1) is 26.6 Å². The van der Waals surface area contributed by atoms with E-state index in [1.807, 2.05) is 19.1 Å². The van der Waals surface area contributed by atoms with Crippen molar-refractivity contribution in [2.75, 3.05) is 0 Å². The van der Waals surface area contributed by atoms with Crippen molar-refractivity contribution in [2.45, 2.75) is 32.5 Å². The number of aromatic nitrogens is 9. The Labute approximate surface area is 199 Å². The monoisotopic (exact) mass is 502 g/mol. The highest BCUT2D eigenvalue weighted by molar-refractivity contribution is 7.15. The predicted molar refractivity (Wildman–Crippen MR) is 118 cm³/mol. The number of nitrogens with zero attached hydrogens (tertiary/aromatic N) is 8. The Morgan fingerprint density at radius 2 is 2.11 bits per heavy atom. The topological polar surface area (TPSA) is 132 Å². The van der Waals surface area contributed by atoms with Crippen LogP contribution in [-0.2, 0) is 6.42 Å². The van der Waals surface area contributed by atoms with Gasteiger partial charge in [0.2, 0.25) is 0 Å². The molecule has 15 heteroatoms. The summed E-state index contributed by atoms with van der Waals surface area (Å²) in [4.78, 5) is 22.3. The molecule has 0 fully saturated rings. The molecule has 0 saturated carbocycles. The van der Waals surface area contributed by atoms with E-state index in [9.17, 15) is 18.0 Å². The van der Waals surface area contributed by atoms with E-state index < -0.39 is 30.4 Å². The molecule has 180 valence electrons. The van der Waals surface area contributed by atoms with E-state index >= 15 is 0 Å². The van der Waals surface area contributed by atoms with Gasteiger partial charge in [0.1, 0.15) is 18.4 Å². The number of amides is 1. The number of H-pyrrole nitrogens is 1. The summed E-state index contributed by atoms with van der Waals surface area (Å²) in [6.07, 6.45) is -1.31. The Morgan fingerprint density at radius 1 is 1.29 bits per heavy atom. The second-order valence-corrected chi connectivity index (χ2v) is 9.02. The van der Waals surface area contributed by atoms with Gasteiger partial charge in [0, 0.05) is 11.1 Å². The summed E-state index contributed by atoms with van der Waals surface area (Å²) >= 11 is 1.52. The fourth-order valence-electron chi connectivity index (χ4n) is 3.56. The van der Waals surface area contributed by atoms with Crippen molar-refractivity contribution in [3.8, 4) is 16.3 Å². The molecule has 0 aliphatic rings. The van der Waals surface area contributed by atoms with Gasteiger partial charge in [-0.3, -0.25) is 9.20 Å². The molecule has 5 heterocycles. The molecular formula is C20H17F3N10OS. The normalized spacial score (nSPS) is 12.8. The summed E-state index contributed by atoms with van der Waals surface area (Å²) < 4.78 is 42.0. The van der Waals surface area contributed by atoms with Crippen molar-refractivity contribution in [1.82, 2.24) is 50.1 Å². The number of halogens is 3. The molecule has 0 bridgehead atoms. The highest BCUT2D eigenvalue weighted by Gasteiger charge is 2.32. The largest absolute Gasteiger partial charge is 0.396 e. The van der Waals surface area contributed by atoms with E-state index in [2.05, 4.69) is 41.0 Å². The minimum Gasteiger partial charge on any atom is -0.342 e. The first-order valence-electron chi connectivity index (χ1n) is 10.3. The summed E-state index contributed by atoms with van der Waals surface area (Å²) in [5.41, 5.74) is 1.26. The molecule has 1 atom stereocenters. The Bertz CT molecular complexity index is 1500. The van der Waals surface area contributed by atoms with E-state index in [0.717, 1.165) is 14.4 Å². The van der Waals surface area contributed by atoms with E-state index in [1.165, 1.54) is 23.7 Å². The lowest BCUT2D eigenvalue weighted by atomic mass is 10.2. The van der Waals surface area contributed by atoms with Crippen LogP contribution in [0.3, 0.4) is 0 Å². The van der Waals surface area contributed by atoms with Gasteiger partial charge in [-0.05, 0) is 42.5 Å². The maximum Gasteiger partial charge on any atom is 0.396 e. The maximum absolute atomic E-state index is 13.2. The van der Waals surface area contributed by atoms with Crippen molar-refractivity contribution >= 4 is 22.9 Å². The molecule has 0 aliphatic heterocycles. The third-order valence-corrected chi connectivity index (χ3v) is 6.18. The van der Waals surface area contributed by atoms with Crippen molar-refractivity contribution in [2.24, 2.45) is 0 Å². The fraction of sp³-hybridized carbons (Fsp3) is 0.250. The predicted octanol–water partition coefficient (Wildman–Crippen LogP) is 3.06. The van der Waals surface area contributed by atoms with Gasteiger partial charge in [0.05, 0.1) is 28.4 Å². The number of hydrogen-bond acceptors (Lipinski definition) is 8. The quantitative estimate of drug-likeness (QED) is 0.365. The van der Waals surface area contributed by atoms with Crippen molar-refractivity contribution < 1.29 is 18.0 Å². The molecule has 0 saturated heterocycles. The van der Waals surface area contributed by atoms with E-state index in [0.29, 0.717) is 17.2 Å². The second-order valence-electron chi connectivity index (χ2n) is 7.73. The van der Waals surface area contributed by atoms with Crippen LogP contribution in [0.1, 0.15) is 39.8 Å². The number of hydrogen-bond donors (Lipinski definition) is 2. The maximum atomic E-state index is 13.2. The molecule has 5 rings (SSSR count). The molecule has 0 aromatic carbocycles. The molecule has 11 nitrogen and oxygen atoms in total. The van der Waals surface area contributed by atoms with Crippen molar-refractivity contribution in [3.05, 3.63) is 59.0 Å². The molecule has 2 N–H and O–H groups in total. The number of carbonyl (C=O) groups excluding carboxylic acids is 1. The van der Waals surface area contributed by atoms with Crippen LogP contribution in [0.25, 0.3) is 21.9 Å². The van der Waals surface area contributed by atoms with E-state index in [1.54, 1.807) is 23.7 Å². The zero-order valence-electron chi connectivity index (χ0n) is 18.3. The number of rotatable bonds is 6. The number of thiophene rings is 1. The highest BCUT2D eigenvalue weighted by atomic mass is 32.1. The Kier molecular flexibility index (Phi) is 5.55. The summed E-state index contributed by atoms with van der Waals surface area (Å²) in [6, 6.07) is 4.76. The standard InChI is InChI=1S/C20H17F3N10OS/c1-10-3-4-15(35-10)14-7-24-18-13(33-16(28-30-31-33)6-20(21,22)23)5-12(8-32(14)18)19(34)27-11(2)17-25-9-26-29-17/h3-5,7-9,11H,6H2,1-2H3,(H,27,34)(H,25,26,29)/t11-/m0/s1. The molecule has 0 aliphatic carbocycles. The zero-order chi connectivity index (χ0) is 24.7. The Morgan fingerprint density at radius 3 is 2.80 bits per heavy atom. The lowest BCUT2D eigenvalue weighted by molar-refractivity contribution is -0.128. The van der Waals surface area contributed by atoms with Crippen LogP contribution in [0.4, 0.5) is 13.2 Å². The number of carbonyl (C=O) groups is 1. The second kappa shape index (κ2) is 8.57. The van der Waals surface area contributed by atoms with Gasteiger partial charge in [-0.25, -0.2) is 4.98 Å². The molecule has 0 unspecified atom stereocenters. The minimum atomic E-state index is -4.53. The average molecular weight is 502 g/mol. The van der Waals surface area contributed by atoms with Crippen LogP contribution in [-0.4, -0.2) is 56.9 Å². The van der Waals surface area contributed by atoms with Crippen LogP contribution in [0.2, 0.25) is 0 Å². The summed E-state index contributed by atoms with van der Waals surface area (Å²) in [6.45, 7) is 3.68. The number of nitrogens with one attached hydrogen (secondary N) is 2. The molecule has 0 radical (unpaired) electrons. The first kappa shape index (κ1) is 22.6. The van der Waals surface area contributed by atoms with Crippen LogP contribution in [0, 0.1) is 6.92 Å². The lowest BCUT2D eigenvalue weighted by Crippen LogP contribution is -2.28. The lowest BCUT2D eigenvalue weighted by Gasteiger charge is -2.14. The molecule has 5 aromatic heterocycles. The fourth-order valence-corrected chi connectivity index (χ4v) is 4.44. The number of alkyl halides is 3. The number of aryl methyl sites for hydroxylation is 1. The van der Waals surface area contributed by atoms with Gasteiger partial charge in [0.15, 0.2) is 17.3 Å². The minimum absolute atomic E-state index is 0.133. The average Bonchev–Trinajstić information content (AvgIpc) is 3.58. The highest BCUT2D eigenvalue weighted by Crippen LogP contribution is 2.31. The molecule has 0 spiro atoms. The summed E-state index contributed by atoms with van der Waals surface area (Å²) in [5, 5.41) is 21.1. The smallest absolute Gasteiger partial charge is 0.342 e. The van der Waals surface area contributed by atoms with Crippen LogP contribution in [0.5, 0.6) is 0 Å². The number of pyridine rings is 1. The van der Waals surface area contributed by atoms with Gasteiger partial charge < -0.3 is 10.3 Å². The number of tetrazole rings is 1. The van der Waals surface area contributed by atoms with E-state index in [4.69, 9.17) is 0 Å². The molecular weight excluding hydrogens is 485 g/mol. The van der Waals surface area contributed by atoms with Crippen molar-refractivity contribution in [3.63, 3.8) is 0 Å². The van der Waals surface area contributed by atoms with Crippen LogP contribution < -0.4 is 5.32 Å². The van der Waals surface area contributed by atoms with Gasteiger partial charge >= 0.3 is 6.18 Å². The Balaban J connectivity index is 1.64. The number of aromatic amines is 1. The van der Waals surface area contributed by atoms with Crippen LogP contribution in [0.15, 0.2) is 36.9 Å². The number of imidazole rings is 1. The third-order valence-electron chi connectivity index (χ3n) is 5.16. The van der Waals surface area contributed by atoms with E-state index in [-0.39, 0.29) is 11.3 Å². The first-order chi connectivity index (χ1) is 16.7. The molecule has 5 aromatic rings. The molecule has 1 amide bonds. The summed E-state index contributed by atoms with van der Waals surface area (Å²) in [7, 11) is 0. The van der Waals surface area contributed by atoms with Gasteiger partial charge in [0.25, 0.3) is 5.91 Å². The van der Waals surface area contributed by atoms with Crippen molar-refractivity contribution in [1.29, 1.82) is 0 Å². The van der Waals surface area contributed by atoms with Gasteiger partial charge in [-0.1, -0.05) is 0 Å². The number of fused-ring (bicyclic) bond motifs is 1. The summed E-state index contributed by atoms with van der Waals surface area (Å²) in [5.74, 6) is -0.460. The zero-order valence-corrected chi connectivity index (χ0v) is 19.1. The Hall–Kier alpha value is -4.14.